The van der Waals surface area contributed by atoms with Crippen LogP contribution in [0.25, 0.3) is 0 Å². The highest BCUT2D eigenvalue weighted by Gasteiger charge is 2.17. The van der Waals surface area contributed by atoms with E-state index in [1.54, 1.807) is 39.2 Å². The first kappa shape index (κ1) is 16.8. The van der Waals surface area contributed by atoms with Gasteiger partial charge in [-0.2, -0.15) is 0 Å². The summed E-state index contributed by atoms with van der Waals surface area (Å²) in [6, 6.07) is 4.92. The van der Waals surface area contributed by atoms with Crippen molar-refractivity contribution in [1.82, 2.24) is 5.32 Å². The summed E-state index contributed by atoms with van der Waals surface area (Å²) in [5.74, 6) is 0.201. The average molecular weight is 302 g/mol. The summed E-state index contributed by atoms with van der Waals surface area (Å²) in [7, 11) is 1.56. The molecule has 1 unspecified atom stereocenters. The van der Waals surface area contributed by atoms with Crippen molar-refractivity contribution in [2.75, 3.05) is 20.3 Å². The molecule has 20 heavy (non-hydrogen) atoms. The molecule has 2 N–H and O–H groups in total. The molecule has 0 radical (unpaired) electrons. The van der Waals surface area contributed by atoms with Crippen LogP contribution < -0.4 is 10.1 Å². The molecule has 0 aliphatic rings. The number of carbonyl (C=O) groups is 1. The Morgan fingerprint density at radius 3 is 2.75 bits per heavy atom. The molecule has 0 heterocycles. The molecule has 0 aliphatic heterocycles. The highest BCUT2D eigenvalue weighted by molar-refractivity contribution is 6.30. The molecule has 0 saturated heterocycles. The number of benzene rings is 1. The number of amides is 1. The zero-order chi connectivity index (χ0) is 15.1. The van der Waals surface area contributed by atoms with E-state index in [9.17, 15) is 9.90 Å². The first-order valence-corrected chi connectivity index (χ1v) is 6.74. The van der Waals surface area contributed by atoms with E-state index in [0.29, 0.717) is 29.5 Å². The molecule has 0 aliphatic carbocycles. The van der Waals surface area contributed by atoms with Crippen LogP contribution in [0.15, 0.2) is 18.2 Å². The largest absolute Gasteiger partial charge is 0.481 e. The molecule has 2 atom stereocenters. The van der Waals surface area contributed by atoms with Crippen LogP contribution in [0.1, 0.15) is 25.5 Å². The van der Waals surface area contributed by atoms with Crippen LogP contribution in [-0.2, 0) is 9.53 Å². The third-order valence-corrected chi connectivity index (χ3v) is 2.94. The zero-order valence-corrected chi connectivity index (χ0v) is 12.6. The van der Waals surface area contributed by atoms with Gasteiger partial charge in [-0.3, -0.25) is 4.79 Å². The summed E-state index contributed by atoms with van der Waals surface area (Å²) in [6.45, 7) is 4.12. The van der Waals surface area contributed by atoms with Gasteiger partial charge in [0.25, 0.3) is 5.91 Å². The Bertz CT molecular complexity index is 451. The van der Waals surface area contributed by atoms with Gasteiger partial charge in [0.05, 0.1) is 12.7 Å². The first-order chi connectivity index (χ1) is 9.45. The lowest BCUT2D eigenvalue weighted by Crippen LogP contribution is -2.38. The number of hydrogen-bond acceptors (Lipinski definition) is 4. The Hall–Kier alpha value is -1.30. The fourth-order valence-corrected chi connectivity index (χ4v) is 1.80. The van der Waals surface area contributed by atoms with E-state index in [2.05, 4.69) is 5.32 Å². The van der Waals surface area contributed by atoms with Gasteiger partial charge in [-0.25, -0.2) is 0 Å². The third kappa shape index (κ3) is 5.00. The molecule has 0 spiro atoms. The van der Waals surface area contributed by atoms with Crippen molar-refractivity contribution in [2.24, 2.45) is 0 Å². The number of halogens is 1. The minimum absolute atomic E-state index is 0.242. The van der Waals surface area contributed by atoms with Crippen molar-refractivity contribution in [3.05, 3.63) is 28.8 Å². The smallest absolute Gasteiger partial charge is 0.260 e. The van der Waals surface area contributed by atoms with Crippen LogP contribution in [-0.4, -0.2) is 37.4 Å². The molecular formula is C14H20ClNO4. The van der Waals surface area contributed by atoms with Gasteiger partial charge in [0, 0.05) is 24.2 Å². The molecule has 0 aromatic heterocycles. The lowest BCUT2D eigenvalue weighted by atomic mass is 10.1. The van der Waals surface area contributed by atoms with Crippen LogP contribution in [0.3, 0.4) is 0 Å². The van der Waals surface area contributed by atoms with Crippen molar-refractivity contribution in [3.63, 3.8) is 0 Å². The number of nitrogens with one attached hydrogen (secondary N) is 1. The van der Waals surface area contributed by atoms with Crippen LogP contribution in [0.4, 0.5) is 0 Å². The predicted molar refractivity (Wildman–Crippen MR) is 77.1 cm³/mol. The molecule has 6 heteroatoms. The average Bonchev–Trinajstić information content (AvgIpc) is 2.40. The molecule has 1 rings (SSSR count). The summed E-state index contributed by atoms with van der Waals surface area (Å²) in [5, 5.41) is 12.9. The van der Waals surface area contributed by atoms with E-state index >= 15 is 0 Å². The summed E-state index contributed by atoms with van der Waals surface area (Å²) < 4.78 is 10.4. The van der Waals surface area contributed by atoms with Crippen molar-refractivity contribution in [2.45, 2.75) is 26.1 Å². The standard InChI is InChI=1S/C14H20ClNO4/c1-9(17)12-8-11(15)4-5-13(12)20-10(2)14(18)16-6-7-19-3/h4-5,8-10,17H,6-7H2,1-3H3,(H,16,18)/t9-,10?/m1/s1. The zero-order valence-electron chi connectivity index (χ0n) is 11.9. The SMILES string of the molecule is COCCNC(=O)C(C)Oc1ccc(Cl)cc1[C@@H](C)O. The van der Waals surface area contributed by atoms with Gasteiger partial charge in [0.1, 0.15) is 5.75 Å². The highest BCUT2D eigenvalue weighted by Crippen LogP contribution is 2.29. The fourth-order valence-electron chi connectivity index (χ4n) is 1.62. The maximum absolute atomic E-state index is 11.8. The number of hydrogen-bond donors (Lipinski definition) is 2. The molecule has 1 aromatic rings. The number of aliphatic hydroxyl groups excluding tert-OH is 1. The van der Waals surface area contributed by atoms with Gasteiger partial charge in [0.2, 0.25) is 0 Å². The maximum Gasteiger partial charge on any atom is 0.260 e. The summed E-state index contributed by atoms with van der Waals surface area (Å²) in [4.78, 5) is 11.8. The van der Waals surface area contributed by atoms with Crippen molar-refractivity contribution in [3.8, 4) is 5.75 Å². The first-order valence-electron chi connectivity index (χ1n) is 6.36. The Kier molecular flexibility index (Phi) is 6.78. The van der Waals surface area contributed by atoms with Crippen molar-refractivity contribution in [1.29, 1.82) is 0 Å². The number of methoxy groups -OCH3 is 1. The van der Waals surface area contributed by atoms with Gasteiger partial charge >= 0.3 is 0 Å². The van der Waals surface area contributed by atoms with E-state index in [4.69, 9.17) is 21.1 Å². The minimum atomic E-state index is -0.729. The van der Waals surface area contributed by atoms with Crippen LogP contribution in [0.2, 0.25) is 5.02 Å². The Morgan fingerprint density at radius 1 is 1.45 bits per heavy atom. The Morgan fingerprint density at radius 2 is 2.15 bits per heavy atom. The van der Waals surface area contributed by atoms with Crippen molar-refractivity contribution >= 4 is 17.5 Å². The molecule has 0 fully saturated rings. The molecule has 5 nitrogen and oxygen atoms in total. The summed E-state index contributed by atoms with van der Waals surface area (Å²) >= 11 is 5.88. The molecule has 0 bridgehead atoms. The fraction of sp³-hybridized carbons (Fsp3) is 0.500. The lowest BCUT2D eigenvalue weighted by Gasteiger charge is -2.18. The molecule has 0 saturated carbocycles. The minimum Gasteiger partial charge on any atom is -0.481 e. The second-order valence-corrected chi connectivity index (χ2v) is 4.84. The third-order valence-electron chi connectivity index (χ3n) is 2.70. The van der Waals surface area contributed by atoms with Gasteiger partial charge in [0.15, 0.2) is 6.10 Å². The number of rotatable bonds is 7. The van der Waals surface area contributed by atoms with Gasteiger partial charge < -0.3 is 19.9 Å². The normalized spacial score (nSPS) is 13.7. The Balaban J connectivity index is 2.70. The van der Waals surface area contributed by atoms with E-state index in [1.165, 1.54) is 0 Å². The highest BCUT2D eigenvalue weighted by atomic mass is 35.5. The van der Waals surface area contributed by atoms with Crippen LogP contribution in [0.5, 0.6) is 5.75 Å². The number of aliphatic hydroxyl groups is 1. The topological polar surface area (TPSA) is 67.8 Å². The van der Waals surface area contributed by atoms with E-state index < -0.39 is 12.2 Å². The van der Waals surface area contributed by atoms with Crippen molar-refractivity contribution < 1.29 is 19.4 Å². The van der Waals surface area contributed by atoms with Crippen LogP contribution in [0, 0.1) is 0 Å². The second kappa shape index (κ2) is 8.09. The maximum atomic E-state index is 11.8. The monoisotopic (exact) mass is 301 g/mol. The predicted octanol–water partition coefficient (Wildman–Crippen LogP) is 1.92. The summed E-state index contributed by atoms with van der Waals surface area (Å²) in [6.07, 6.45) is -1.40. The van der Waals surface area contributed by atoms with Gasteiger partial charge in [-0.1, -0.05) is 11.6 Å². The molecular weight excluding hydrogens is 282 g/mol. The number of ether oxygens (including phenoxy) is 2. The molecule has 1 amide bonds. The van der Waals surface area contributed by atoms with E-state index in [1.807, 2.05) is 0 Å². The van der Waals surface area contributed by atoms with Crippen LogP contribution >= 0.6 is 11.6 Å². The van der Waals surface area contributed by atoms with Gasteiger partial charge in [-0.15, -0.1) is 0 Å². The van der Waals surface area contributed by atoms with E-state index in [0.717, 1.165) is 0 Å². The Labute approximate surface area is 123 Å². The quantitative estimate of drug-likeness (QED) is 0.755. The lowest BCUT2D eigenvalue weighted by molar-refractivity contribution is -0.127. The number of carbonyl (C=O) groups excluding carboxylic acids is 1. The molecule has 112 valence electrons. The van der Waals surface area contributed by atoms with Gasteiger partial charge in [-0.05, 0) is 32.0 Å². The molecule has 1 aromatic carbocycles. The van der Waals surface area contributed by atoms with E-state index in [-0.39, 0.29) is 5.91 Å². The second-order valence-electron chi connectivity index (χ2n) is 4.40. The summed E-state index contributed by atoms with van der Waals surface area (Å²) in [5.41, 5.74) is 0.550.